The third-order valence-corrected chi connectivity index (χ3v) is 3.16. The topological polar surface area (TPSA) is 78.4 Å². The molecular weight excluding hydrogens is 265 g/mol. The van der Waals surface area contributed by atoms with E-state index in [0.717, 1.165) is 0 Å². The normalized spacial score (nSPS) is 18.8. The van der Waals surface area contributed by atoms with Crippen LogP contribution in [0.2, 0.25) is 0 Å². The van der Waals surface area contributed by atoms with Crippen LogP contribution in [0.1, 0.15) is 33.1 Å². The van der Waals surface area contributed by atoms with Gasteiger partial charge in [-0.2, -0.15) is 13.2 Å². The Morgan fingerprint density at radius 1 is 1.32 bits per heavy atom. The molecule has 1 fully saturated rings. The predicted octanol–water partition coefficient (Wildman–Crippen LogP) is 1.88. The van der Waals surface area contributed by atoms with Gasteiger partial charge < -0.3 is 15.7 Å². The molecule has 110 valence electrons. The summed E-state index contributed by atoms with van der Waals surface area (Å²) >= 11 is 0. The average molecular weight is 282 g/mol. The van der Waals surface area contributed by atoms with Crippen molar-refractivity contribution in [3.8, 4) is 0 Å². The molecule has 1 aliphatic rings. The summed E-state index contributed by atoms with van der Waals surface area (Å²) in [6.07, 6.45) is -5.10. The maximum Gasteiger partial charge on any atom is 0.411 e. The molecule has 1 saturated carbocycles. The van der Waals surface area contributed by atoms with Crippen LogP contribution in [0.5, 0.6) is 0 Å². The van der Waals surface area contributed by atoms with Crippen molar-refractivity contribution in [2.45, 2.75) is 50.9 Å². The summed E-state index contributed by atoms with van der Waals surface area (Å²) in [5, 5.41) is 12.9. The second-order valence-electron chi connectivity index (χ2n) is 5.13. The van der Waals surface area contributed by atoms with Gasteiger partial charge in [0.1, 0.15) is 5.54 Å². The quantitative estimate of drug-likeness (QED) is 0.720. The maximum absolute atomic E-state index is 12.6. The Balaban J connectivity index is 2.57. The highest BCUT2D eigenvalue weighted by Crippen LogP contribution is 2.48. The minimum atomic E-state index is -4.48. The number of carboxylic acid groups (broad SMARTS) is 1. The molecule has 0 aromatic heterocycles. The molecule has 0 saturated heterocycles. The SMILES string of the molecule is CC(C)C(CC(=O)O)NC(=O)NC1(C(F)(F)F)CC1. The number of nitrogens with one attached hydrogen (secondary N) is 2. The lowest BCUT2D eigenvalue weighted by Gasteiger charge is -2.25. The molecule has 0 radical (unpaired) electrons. The van der Waals surface area contributed by atoms with Crippen LogP contribution in [-0.2, 0) is 4.79 Å². The Kier molecular flexibility index (Phi) is 4.32. The van der Waals surface area contributed by atoms with Crippen molar-refractivity contribution in [3.63, 3.8) is 0 Å². The third kappa shape index (κ3) is 4.00. The molecular formula is C11H17F3N2O3. The molecule has 0 heterocycles. The highest BCUT2D eigenvalue weighted by Gasteiger charge is 2.64. The molecule has 0 aromatic rings. The van der Waals surface area contributed by atoms with E-state index >= 15 is 0 Å². The minimum absolute atomic E-state index is 0.144. The van der Waals surface area contributed by atoms with E-state index in [1.807, 2.05) is 5.32 Å². The van der Waals surface area contributed by atoms with Crippen molar-refractivity contribution in [2.24, 2.45) is 5.92 Å². The molecule has 2 amide bonds. The van der Waals surface area contributed by atoms with Crippen LogP contribution in [0.4, 0.5) is 18.0 Å². The molecule has 1 unspecified atom stereocenters. The van der Waals surface area contributed by atoms with Gasteiger partial charge in [0.15, 0.2) is 0 Å². The number of hydrogen-bond acceptors (Lipinski definition) is 2. The molecule has 0 aliphatic heterocycles. The number of alkyl halides is 3. The summed E-state index contributed by atoms with van der Waals surface area (Å²) in [5.74, 6) is -1.31. The van der Waals surface area contributed by atoms with E-state index < -0.39 is 29.8 Å². The number of amides is 2. The van der Waals surface area contributed by atoms with Crippen molar-refractivity contribution in [2.75, 3.05) is 0 Å². The summed E-state index contributed by atoms with van der Waals surface area (Å²) in [6.45, 7) is 3.37. The van der Waals surface area contributed by atoms with Gasteiger partial charge in [-0.3, -0.25) is 4.79 Å². The second-order valence-corrected chi connectivity index (χ2v) is 5.13. The summed E-state index contributed by atoms with van der Waals surface area (Å²) in [7, 11) is 0. The standard InChI is InChI=1S/C11H17F3N2O3/c1-6(2)7(5-8(17)18)15-9(19)16-10(3-4-10)11(12,13)14/h6-7H,3-5H2,1-2H3,(H,17,18)(H2,15,16,19). The Labute approximate surface area is 108 Å². The van der Waals surface area contributed by atoms with E-state index in [1.165, 1.54) is 0 Å². The molecule has 1 rings (SSSR count). The van der Waals surface area contributed by atoms with Crippen molar-refractivity contribution in [1.29, 1.82) is 0 Å². The molecule has 1 atom stereocenters. The molecule has 5 nitrogen and oxygen atoms in total. The summed E-state index contributed by atoms with van der Waals surface area (Å²) in [5.41, 5.74) is -2.14. The van der Waals surface area contributed by atoms with Gasteiger partial charge in [0, 0.05) is 6.04 Å². The van der Waals surface area contributed by atoms with Crippen LogP contribution in [-0.4, -0.2) is 34.9 Å². The molecule has 1 aliphatic carbocycles. The zero-order valence-electron chi connectivity index (χ0n) is 10.7. The Morgan fingerprint density at radius 2 is 1.84 bits per heavy atom. The van der Waals surface area contributed by atoms with Gasteiger partial charge in [-0.25, -0.2) is 4.79 Å². The average Bonchev–Trinajstić information content (AvgIpc) is 2.95. The Bertz CT molecular complexity index is 365. The van der Waals surface area contributed by atoms with E-state index in [0.29, 0.717) is 0 Å². The lowest BCUT2D eigenvalue weighted by Crippen LogP contribution is -2.54. The van der Waals surface area contributed by atoms with Crippen LogP contribution in [0.15, 0.2) is 0 Å². The molecule has 0 aromatic carbocycles. The van der Waals surface area contributed by atoms with Gasteiger partial charge >= 0.3 is 18.2 Å². The van der Waals surface area contributed by atoms with Gasteiger partial charge in [0.25, 0.3) is 0 Å². The lowest BCUT2D eigenvalue weighted by molar-refractivity contribution is -0.162. The summed E-state index contributed by atoms with van der Waals surface area (Å²) < 4.78 is 37.9. The largest absolute Gasteiger partial charge is 0.481 e. The number of carbonyl (C=O) groups is 2. The molecule has 0 bridgehead atoms. The second kappa shape index (κ2) is 5.26. The Hall–Kier alpha value is -1.47. The lowest BCUT2D eigenvalue weighted by atomic mass is 10.0. The minimum Gasteiger partial charge on any atom is -0.481 e. The number of carbonyl (C=O) groups excluding carboxylic acids is 1. The molecule has 8 heteroatoms. The number of halogens is 3. The van der Waals surface area contributed by atoms with E-state index in [9.17, 15) is 22.8 Å². The molecule has 3 N–H and O–H groups in total. The molecule has 19 heavy (non-hydrogen) atoms. The number of aliphatic carboxylic acids is 1. The smallest absolute Gasteiger partial charge is 0.411 e. The van der Waals surface area contributed by atoms with Crippen LogP contribution in [0, 0.1) is 5.92 Å². The van der Waals surface area contributed by atoms with Crippen LogP contribution in [0.25, 0.3) is 0 Å². The fourth-order valence-corrected chi connectivity index (χ4v) is 1.67. The van der Waals surface area contributed by atoms with E-state index in [2.05, 4.69) is 5.32 Å². The van der Waals surface area contributed by atoms with Crippen LogP contribution < -0.4 is 10.6 Å². The first kappa shape index (κ1) is 15.6. The van der Waals surface area contributed by atoms with E-state index in [1.54, 1.807) is 13.8 Å². The van der Waals surface area contributed by atoms with Crippen LogP contribution >= 0.6 is 0 Å². The fraction of sp³-hybridized carbons (Fsp3) is 0.818. The van der Waals surface area contributed by atoms with Gasteiger partial charge in [0.05, 0.1) is 6.42 Å². The first-order valence-corrected chi connectivity index (χ1v) is 5.94. The predicted molar refractivity (Wildman–Crippen MR) is 60.6 cm³/mol. The first-order chi connectivity index (χ1) is 8.57. The molecule has 0 spiro atoms. The fourth-order valence-electron chi connectivity index (χ4n) is 1.67. The van der Waals surface area contributed by atoms with Gasteiger partial charge in [-0.1, -0.05) is 13.8 Å². The van der Waals surface area contributed by atoms with Crippen molar-refractivity contribution < 1.29 is 27.9 Å². The van der Waals surface area contributed by atoms with Gasteiger partial charge in [-0.15, -0.1) is 0 Å². The van der Waals surface area contributed by atoms with Crippen LogP contribution in [0.3, 0.4) is 0 Å². The zero-order valence-corrected chi connectivity index (χ0v) is 10.7. The monoisotopic (exact) mass is 282 g/mol. The Morgan fingerprint density at radius 3 is 2.16 bits per heavy atom. The summed E-state index contributed by atoms with van der Waals surface area (Å²) in [6, 6.07) is -1.68. The number of carboxylic acids is 1. The first-order valence-electron chi connectivity index (χ1n) is 5.94. The van der Waals surface area contributed by atoms with Crippen molar-refractivity contribution in [3.05, 3.63) is 0 Å². The zero-order chi connectivity index (χ0) is 14.8. The maximum atomic E-state index is 12.6. The third-order valence-electron chi connectivity index (χ3n) is 3.16. The number of hydrogen-bond donors (Lipinski definition) is 3. The van der Waals surface area contributed by atoms with E-state index in [-0.39, 0.29) is 25.2 Å². The van der Waals surface area contributed by atoms with Crippen molar-refractivity contribution >= 4 is 12.0 Å². The summed E-state index contributed by atoms with van der Waals surface area (Å²) in [4.78, 5) is 22.1. The number of urea groups is 1. The van der Waals surface area contributed by atoms with Crippen molar-refractivity contribution in [1.82, 2.24) is 10.6 Å². The highest BCUT2D eigenvalue weighted by atomic mass is 19.4. The van der Waals surface area contributed by atoms with E-state index in [4.69, 9.17) is 5.11 Å². The number of rotatable bonds is 5. The highest BCUT2D eigenvalue weighted by molar-refractivity contribution is 5.77. The van der Waals surface area contributed by atoms with Gasteiger partial charge in [0.2, 0.25) is 0 Å². The van der Waals surface area contributed by atoms with Gasteiger partial charge in [-0.05, 0) is 18.8 Å².